The van der Waals surface area contributed by atoms with Gasteiger partial charge in [0.15, 0.2) is 0 Å². The van der Waals surface area contributed by atoms with Crippen LogP contribution >= 0.6 is 0 Å². The summed E-state index contributed by atoms with van der Waals surface area (Å²) in [6.07, 6.45) is -1.64. The monoisotopic (exact) mass is 304 g/mol. The van der Waals surface area contributed by atoms with Crippen molar-refractivity contribution in [1.82, 2.24) is 10.6 Å². The van der Waals surface area contributed by atoms with Crippen LogP contribution in [0.2, 0.25) is 0 Å². The average molecular weight is 304 g/mol. The molecule has 0 fully saturated rings. The molecule has 21 heavy (non-hydrogen) atoms. The largest absolute Gasteiger partial charge is 0.480 e. The molecule has 0 unspecified atom stereocenters. The maximum Gasteiger partial charge on any atom is 0.408 e. The van der Waals surface area contributed by atoms with Crippen LogP contribution in [0.4, 0.5) is 9.59 Å². The Morgan fingerprint density at radius 2 is 1.38 bits per heavy atom. The molecule has 0 radical (unpaired) electrons. The first-order valence-electron chi connectivity index (χ1n) is 6.49. The summed E-state index contributed by atoms with van der Waals surface area (Å²) in [5, 5.41) is 13.4. The molecule has 0 aliphatic carbocycles. The number of aliphatic carboxylic acids is 1. The summed E-state index contributed by atoms with van der Waals surface area (Å²) < 4.78 is 9.91. The average Bonchev–Trinajstić information content (AvgIpc) is 2.18. The molecule has 8 nitrogen and oxygen atoms in total. The minimum Gasteiger partial charge on any atom is -0.480 e. The first kappa shape index (κ1) is 19.0. The molecular weight excluding hydrogens is 280 g/mol. The van der Waals surface area contributed by atoms with E-state index >= 15 is 0 Å². The third-order valence-corrected chi connectivity index (χ3v) is 1.84. The zero-order chi connectivity index (χ0) is 16.8. The number of carbonyl (C=O) groups is 3. The molecule has 0 aromatic carbocycles. The molecule has 3 N–H and O–H groups in total. The fourth-order valence-corrected chi connectivity index (χ4v) is 1.15. The van der Waals surface area contributed by atoms with Crippen LogP contribution in [-0.2, 0) is 14.3 Å². The highest BCUT2D eigenvalue weighted by molar-refractivity contribution is 5.81. The van der Waals surface area contributed by atoms with E-state index in [1.165, 1.54) is 0 Å². The van der Waals surface area contributed by atoms with Crippen molar-refractivity contribution in [3.8, 4) is 0 Å². The summed E-state index contributed by atoms with van der Waals surface area (Å²) in [4.78, 5) is 34.0. The minimum atomic E-state index is -1.31. The van der Waals surface area contributed by atoms with E-state index in [1.807, 2.05) is 0 Å². The lowest BCUT2D eigenvalue weighted by atomic mass is 10.2. The number of hydrogen-bond acceptors (Lipinski definition) is 5. The topological polar surface area (TPSA) is 114 Å². The smallest absolute Gasteiger partial charge is 0.408 e. The van der Waals surface area contributed by atoms with Gasteiger partial charge in [-0.05, 0) is 41.5 Å². The molecule has 0 heterocycles. The zero-order valence-electron chi connectivity index (χ0n) is 13.3. The molecule has 0 aliphatic rings. The van der Waals surface area contributed by atoms with Crippen molar-refractivity contribution in [3.63, 3.8) is 0 Å². The molecule has 0 rings (SSSR count). The van der Waals surface area contributed by atoms with Gasteiger partial charge in [-0.15, -0.1) is 0 Å². The first-order valence-corrected chi connectivity index (χ1v) is 6.49. The van der Waals surface area contributed by atoms with Gasteiger partial charge in [0.2, 0.25) is 0 Å². The van der Waals surface area contributed by atoms with Gasteiger partial charge in [-0.1, -0.05) is 0 Å². The quantitative estimate of drug-likeness (QED) is 0.725. The van der Waals surface area contributed by atoms with Gasteiger partial charge in [0.25, 0.3) is 0 Å². The maximum atomic E-state index is 11.5. The molecule has 122 valence electrons. The fourth-order valence-electron chi connectivity index (χ4n) is 1.15. The van der Waals surface area contributed by atoms with Gasteiger partial charge in [-0.3, -0.25) is 0 Å². The standard InChI is InChI=1S/C13H24N2O6/c1-12(2,3)20-10(18)14-7-8(9(16)17)15-11(19)21-13(4,5)6/h8H,7H2,1-6H3,(H,14,18)(H,15,19)(H,16,17)/t8-/m0/s1. The van der Waals surface area contributed by atoms with Gasteiger partial charge in [0.1, 0.15) is 17.2 Å². The van der Waals surface area contributed by atoms with Crippen molar-refractivity contribution in [3.05, 3.63) is 0 Å². The van der Waals surface area contributed by atoms with Crippen molar-refractivity contribution < 1.29 is 29.0 Å². The third kappa shape index (κ3) is 10.5. The Morgan fingerprint density at radius 3 is 1.76 bits per heavy atom. The Hall–Kier alpha value is -1.99. The van der Waals surface area contributed by atoms with Gasteiger partial charge >= 0.3 is 18.2 Å². The fraction of sp³-hybridized carbons (Fsp3) is 0.769. The Kier molecular flexibility index (Phi) is 6.47. The minimum absolute atomic E-state index is 0.316. The van der Waals surface area contributed by atoms with E-state index in [9.17, 15) is 14.4 Å². The predicted octanol–water partition coefficient (Wildman–Crippen LogP) is 1.49. The second kappa shape index (κ2) is 7.14. The second-order valence-corrected chi connectivity index (χ2v) is 6.42. The normalized spacial score (nSPS) is 13.0. The van der Waals surface area contributed by atoms with E-state index in [0.717, 1.165) is 0 Å². The summed E-state index contributed by atoms with van der Waals surface area (Å²) in [6, 6.07) is -1.31. The molecule has 0 saturated carbocycles. The Bertz CT molecular complexity index is 394. The van der Waals surface area contributed by atoms with Crippen LogP contribution in [0.5, 0.6) is 0 Å². The maximum absolute atomic E-state index is 11.5. The van der Waals surface area contributed by atoms with Crippen molar-refractivity contribution >= 4 is 18.2 Å². The van der Waals surface area contributed by atoms with E-state index < -0.39 is 35.4 Å². The SMILES string of the molecule is CC(C)(C)OC(=O)NC[C@H](NC(=O)OC(C)(C)C)C(=O)O. The number of ether oxygens (including phenoxy) is 2. The lowest BCUT2D eigenvalue weighted by Crippen LogP contribution is -2.50. The molecule has 0 aromatic heterocycles. The van der Waals surface area contributed by atoms with Crippen LogP contribution in [0.3, 0.4) is 0 Å². The molecule has 0 aromatic rings. The van der Waals surface area contributed by atoms with Crippen LogP contribution in [0, 0.1) is 0 Å². The Balaban J connectivity index is 4.42. The summed E-state index contributed by atoms with van der Waals surface area (Å²) in [7, 11) is 0. The lowest BCUT2D eigenvalue weighted by Gasteiger charge is -2.23. The van der Waals surface area contributed by atoms with Crippen molar-refractivity contribution in [2.24, 2.45) is 0 Å². The number of carboxylic acid groups (broad SMARTS) is 1. The zero-order valence-corrected chi connectivity index (χ0v) is 13.3. The van der Waals surface area contributed by atoms with E-state index in [0.29, 0.717) is 0 Å². The van der Waals surface area contributed by atoms with Crippen LogP contribution in [0.25, 0.3) is 0 Å². The van der Waals surface area contributed by atoms with Gasteiger partial charge in [-0.25, -0.2) is 14.4 Å². The third-order valence-electron chi connectivity index (χ3n) is 1.84. The number of carbonyl (C=O) groups excluding carboxylic acids is 2. The van der Waals surface area contributed by atoms with Gasteiger partial charge in [0.05, 0.1) is 6.54 Å². The summed E-state index contributed by atoms with van der Waals surface area (Å²) in [6.45, 7) is 9.69. The predicted molar refractivity (Wildman–Crippen MR) is 75.0 cm³/mol. The molecule has 0 aliphatic heterocycles. The number of hydrogen-bond donors (Lipinski definition) is 3. The number of alkyl carbamates (subject to hydrolysis) is 2. The highest BCUT2D eigenvalue weighted by Crippen LogP contribution is 2.07. The van der Waals surface area contributed by atoms with Crippen molar-refractivity contribution in [1.29, 1.82) is 0 Å². The van der Waals surface area contributed by atoms with E-state index in [1.54, 1.807) is 41.5 Å². The number of amides is 2. The Labute approximate surface area is 124 Å². The summed E-state index contributed by atoms with van der Waals surface area (Å²) >= 11 is 0. The van der Waals surface area contributed by atoms with Gasteiger partial charge < -0.3 is 25.2 Å². The summed E-state index contributed by atoms with van der Waals surface area (Å²) in [5.41, 5.74) is -1.44. The van der Waals surface area contributed by atoms with Crippen LogP contribution in [0.15, 0.2) is 0 Å². The Morgan fingerprint density at radius 1 is 0.952 bits per heavy atom. The van der Waals surface area contributed by atoms with Gasteiger partial charge in [-0.2, -0.15) is 0 Å². The molecule has 0 bridgehead atoms. The first-order chi connectivity index (χ1) is 9.30. The van der Waals surface area contributed by atoms with Crippen molar-refractivity contribution in [2.45, 2.75) is 58.8 Å². The molecule has 2 amide bonds. The molecular formula is C13H24N2O6. The molecule has 1 atom stereocenters. The highest BCUT2D eigenvalue weighted by Gasteiger charge is 2.25. The van der Waals surface area contributed by atoms with Crippen LogP contribution in [0.1, 0.15) is 41.5 Å². The number of carboxylic acids is 1. The summed E-state index contributed by atoms with van der Waals surface area (Å²) in [5.74, 6) is -1.29. The highest BCUT2D eigenvalue weighted by atomic mass is 16.6. The van der Waals surface area contributed by atoms with E-state index in [2.05, 4.69) is 10.6 Å². The molecule has 0 saturated heterocycles. The van der Waals surface area contributed by atoms with E-state index in [4.69, 9.17) is 14.6 Å². The van der Waals surface area contributed by atoms with Crippen LogP contribution in [-0.4, -0.2) is 47.1 Å². The van der Waals surface area contributed by atoms with Crippen LogP contribution < -0.4 is 10.6 Å². The van der Waals surface area contributed by atoms with Crippen molar-refractivity contribution in [2.75, 3.05) is 6.54 Å². The van der Waals surface area contributed by atoms with E-state index in [-0.39, 0.29) is 6.54 Å². The molecule has 8 heteroatoms. The second-order valence-electron chi connectivity index (χ2n) is 6.42. The number of nitrogens with one attached hydrogen (secondary N) is 2. The lowest BCUT2D eigenvalue weighted by molar-refractivity contribution is -0.139. The molecule has 0 spiro atoms. The van der Waals surface area contributed by atoms with Gasteiger partial charge in [0, 0.05) is 0 Å². The number of rotatable bonds is 4.